The standard InChI is InChI=1S/C12H14N2O2/c1-3-12-10(4-5-16-12)11(15)6-9-7-13-14(2)8-9/h4-5,7-8H,3,6H2,1-2H3. The van der Waals surface area contributed by atoms with Gasteiger partial charge >= 0.3 is 0 Å². The maximum atomic E-state index is 12.0. The Hall–Kier alpha value is -1.84. The lowest BCUT2D eigenvalue weighted by atomic mass is 10.1. The summed E-state index contributed by atoms with van der Waals surface area (Å²) < 4.78 is 6.93. The van der Waals surface area contributed by atoms with E-state index in [4.69, 9.17) is 4.42 Å². The van der Waals surface area contributed by atoms with Gasteiger partial charge in [-0.15, -0.1) is 0 Å². The number of carbonyl (C=O) groups excluding carboxylic acids is 1. The number of ketones is 1. The van der Waals surface area contributed by atoms with Crippen molar-refractivity contribution in [1.82, 2.24) is 9.78 Å². The number of carbonyl (C=O) groups is 1. The molecule has 2 aromatic heterocycles. The van der Waals surface area contributed by atoms with Crippen molar-refractivity contribution >= 4 is 5.78 Å². The van der Waals surface area contributed by atoms with E-state index in [1.807, 2.05) is 20.2 Å². The van der Waals surface area contributed by atoms with Crippen molar-refractivity contribution in [3.63, 3.8) is 0 Å². The SMILES string of the molecule is CCc1occc1C(=O)Cc1cnn(C)c1. The number of aryl methyl sites for hydroxylation is 2. The third-order valence-electron chi connectivity index (χ3n) is 2.49. The Bertz CT molecular complexity index is 497. The average molecular weight is 218 g/mol. The molecule has 0 bridgehead atoms. The summed E-state index contributed by atoms with van der Waals surface area (Å²) in [6.45, 7) is 1.97. The maximum Gasteiger partial charge on any atom is 0.170 e. The highest BCUT2D eigenvalue weighted by atomic mass is 16.3. The number of hydrogen-bond acceptors (Lipinski definition) is 3. The summed E-state index contributed by atoms with van der Waals surface area (Å²) in [6.07, 6.45) is 6.24. The normalized spacial score (nSPS) is 10.6. The summed E-state index contributed by atoms with van der Waals surface area (Å²) >= 11 is 0. The molecule has 0 saturated heterocycles. The Balaban J connectivity index is 2.14. The molecule has 0 spiro atoms. The second-order valence-corrected chi connectivity index (χ2v) is 3.73. The fraction of sp³-hybridized carbons (Fsp3) is 0.333. The minimum atomic E-state index is 0.0820. The minimum Gasteiger partial charge on any atom is -0.469 e. The van der Waals surface area contributed by atoms with Gasteiger partial charge in [0.25, 0.3) is 0 Å². The topological polar surface area (TPSA) is 48.0 Å². The number of rotatable bonds is 4. The molecule has 0 amide bonds. The summed E-state index contributed by atoms with van der Waals surface area (Å²) in [7, 11) is 1.84. The molecule has 0 fully saturated rings. The van der Waals surface area contributed by atoms with Gasteiger partial charge in [0, 0.05) is 26.1 Å². The third-order valence-corrected chi connectivity index (χ3v) is 2.49. The van der Waals surface area contributed by atoms with Gasteiger partial charge in [-0.05, 0) is 11.6 Å². The van der Waals surface area contributed by atoms with Crippen LogP contribution in [0.15, 0.2) is 29.1 Å². The van der Waals surface area contributed by atoms with E-state index in [2.05, 4.69) is 5.10 Å². The second-order valence-electron chi connectivity index (χ2n) is 3.73. The smallest absolute Gasteiger partial charge is 0.170 e. The molecule has 0 aliphatic carbocycles. The molecule has 2 aromatic rings. The molecule has 0 aliphatic rings. The van der Waals surface area contributed by atoms with Gasteiger partial charge in [0.2, 0.25) is 0 Å². The molecule has 4 heteroatoms. The quantitative estimate of drug-likeness (QED) is 0.737. The van der Waals surface area contributed by atoms with Crippen LogP contribution in [0.5, 0.6) is 0 Å². The number of nitrogens with zero attached hydrogens (tertiary/aromatic N) is 2. The predicted octanol–water partition coefficient (Wildman–Crippen LogP) is 2.00. The molecule has 0 aliphatic heterocycles. The molecule has 84 valence electrons. The van der Waals surface area contributed by atoms with Crippen molar-refractivity contribution in [3.05, 3.63) is 41.6 Å². The average Bonchev–Trinajstić information content (AvgIpc) is 2.86. The lowest BCUT2D eigenvalue weighted by molar-refractivity contribution is 0.0991. The van der Waals surface area contributed by atoms with Crippen LogP contribution in [-0.4, -0.2) is 15.6 Å². The summed E-state index contributed by atoms with van der Waals surface area (Å²) in [5.41, 5.74) is 1.61. The maximum absolute atomic E-state index is 12.0. The highest BCUT2D eigenvalue weighted by Gasteiger charge is 2.14. The van der Waals surface area contributed by atoms with Crippen LogP contribution in [0.3, 0.4) is 0 Å². The fourth-order valence-electron chi connectivity index (χ4n) is 1.71. The van der Waals surface area contributed by atoms with Crippen molar-refractivity contribution in [1.29, 1.82) is 0 Å². The van der Waals surface area contributed by atoms with E-state index in [0.29, 0.717) is 12.0 Å². The number of aromatic nitrogens is 2. The van der Waals surface area contributed by atoms with Gasteiger partial charge in [0.15, 0.2) is 5.78 Å². The lowest BCUT2D eigenvalue weighted by Crippen LogP contribution is -2.04. The molecule has 0 radical (unpaired) electrons. The first kappa shape index (κ1) is 10.7. The first-order valence-corrected chi connectivity index (χ1v) is 5.27. The number of Topliss-reactive ketones (excluding diaryl/α,β-unsaturated/α-hetero) is 1. The Morgan fingerprint density at radius 1 is 1.56 bits per heavy atom. The van der Waals surface area contributed by atoms with Crippen molar-refractivity contribution in [2.24, 2.45) is 7.05 Å². The van der Waals surface area contributed by atoms with E-state index in [1.54, 1.807) is 23.2 Å². The van der Waals surface area contributed by atoms with Crippen LogP contribution >= 0.6 is 0 Å². The third kappa shape index (κ3) is 2.05. The molecule has 4 nitrogen and oxygen atoms in total. The zero-order valence-electron chi connectivity index (χ0n) is 9.43. The Morgan fingerprint density at radius 2 is 2.38 bits per heavy atom. The highest BCUT2D eigenvalue weighted by Crippen LogP contribution is 2.14. The highest BCUT2D eigenvalue weighted by molar-refractivity contribution is 5.98. The summed E-state index contributed by atoms with van der Waals surface area (Å²) in [6, 6.07) is 1.73. The van der Waals surface area contributed by atoms with E-state index < -0.39 is 0 Å². The summed E-state index contributed by atoms with van der Waals surface area (Å²) in [5.74, 6) is 0.840. The molecule has 0 aromatic carbocycles. The van der Waals surface area contributed by atoms with Gasteiger partial charge in [0.05, 0.1) is 18.0 Å². The predicted molar refractivity (Wildman–Crippen MR) is 59.3 cm³/mol. The van der Waals surface area contributed by atoms with E-state index in [0.717, 1.165) is 17.7 Å². The van der Waals surface area contributed by atoms with Crippen LogP contribution in [0.4, 0.5) is 0 Å². The van der Waals surface area contributed by atoms with Gasteiger partial charge in [-0.3, -0.25) is 9.48 Å². The van der Waals surface area contributed by atoms with Gasteiger partial charge in [-0.2, -0.15) is 5.10 Å². The van der Waals surface area contributed by atoms with E-state index >= 15 is 0 Å². The van der Waals surface area contributed by atoms with Crippen LogP contribution in [0.25, 0.3) is 0 Å². The van der Waals surface area contributed by atoms with Crippen molar-refractivity contribution < 1.29 is 9.21 Å². The molecule has 0 saturated carbocycles. The van der Waals surface area contributed by atoms with Gasteiger partial charge in [0.1, 0.15) is 5.76 Å². The van der Waals surface area contributed by atoms with E-state index in [9.17, 15) is 4.79 Å². The molecular formula is C12H14N2O2. The van der Waals surface area contributed by atoms with Crippen LogP contribution in [-0.2, 0) is 19.9 Å². The molecule has 0 atom stereocenters. The minimum absolute atomic E-state index is 0.0820. The molecule has 16 heavy (non-hydrogen) atoms. The fourth-order valence-corrected chi connectivity index (χ4v) is 1.71. The van der Waals surface area contributed by atoms with E-state index in [-0.39, 0.29) is 5.78 Å². The first-order chi connectivity index (χ1) is 7.70. The Morgan fingerprint density at radius 3 is 3.00 bits per heavy atom. The zero-order chi connectivity index (χ0) is 11.5. The van der Waals surface area contributed by atoms with E-state index in [1.165, 1.54) is 0 Å². The van der Waals surface area contributed by atoms with Crippen molar-refractivity contribution in [2.75, 3.05) is 0 Å². The molecule has 2 heterocycles. The first-order valence-electron chi connectivity index (χ1n) is 5.27. The summed E-state index contributed by atoms with van der Waals surface area (Å²) in [4.78, 5) is 12.0. The molecule has 0 unspecified atom stereocenters. The van der Waals surface area contributed by atoms with Crippen LogP contribution < -0.4 is 0 Å². The zero-order valence-corrected chi connectivity index (χ0v) is 9.43. The monoisotopic (exact) mass is 218 g/mol. The Labute approximate surface area is 93.9 Å². The van der Waals surface area contributed by atoms with Crippen LogP contribution in [0.2, 0.25) is 0 Å². The van der Waals surface area contributed by atoms with Gasteiger partial charge in [-0.1, -0.05) is 6.92 Å². The molecular weight excluding hydrogens is 204 g/mol. The van der Waals surface area contributed by atoms with Gasteiger partial charge in [-0.25, -0.2) is 0 Å². The van der Waals surface area contributed by atoms with Crippen molar-refractivity contribution in [2.45, 2.75) is 19.8 Å². The number of hydrogen-bond donors (Lipinski definition) is 0. The Kier molecular flexibility index (Phi) is 2.90. The van der Waals surface area contributed by atoms with Gasteiger partial charge < -0.3 is 4.42 Å². The van der Waals surface area contributed by atoms with Crippen LogP contribution in [0.1, 0.15) is 28.6 Å². The molecule has 2 rings (SSSR count). The second kappa shape index (κ2) is 4.35. The van der Waals surface area contributed by atoms with Crippen LogP contribution in [0, 0.1) is 0 Å². The lowest BCUT2D eigenvalue weighted by Gasteiger charge is -1.98. The van der Waals surface area contributed by atoms with Crippen molar-refractivity contribution in [3.8, 4) is 0 Å². The summed E-state index contributed by atoms with van der Waals surface area (Å²) in [5, 5.41) is 4.03. The number of furan rings is 1. The largest absolute Gasteiger partial charge is 0.469 e. The molecule has 0 N–H and O–H groups in total.